The van der Waals surface area contributed by atoms with E-state index in [2.05, 4.69) is 22.0 Å². The standard InChI is InChI=1S/C33H32FN5O5/c1-42-27-11-20(15-35)5-6-21(27)19-44-30-4-2-3-28(36-30)33-8-9-38(16-23(33)14-33)18-29-37-31-25(34)12-22(32(40)41)13-26(31)39(29)17-24-7-10-43-24/h2-6,11-13,23-24H,7-10,14,16-19H2,1H3,(H,40,41)/t23?,24-,33?/m0/s1. The SMILES string of the molecule is COc1cc(C#N)ccc1COc1cccc(C23CCN(Cc4nc5c(F)cc(C(=O)O)cc5n4C[C@@H]4CCO4)CC2C3)n1. The van der Waals surface area contributed by atoms with Crippen LogP contribution in [0.1, 0.15) is 52.3 Å². The molecule has 2 aliphatic heterocycles. The first-order valence-corrected chi connectivity index (χ1v) is 14.8. The maximum atomic E-state index is 15.0. The first-order valence-electron chi connectivity index (χ1n) is 14.8. The lowest BCUT2D eigenvalue weighted by atomic mass is 9.91. The average molecular weight is 598 g/mol. The molecule has 4 heterocycles. The van der Waals surface area contributed by atoms with Gasteiger partial charge in [-0.2, -0.15) is 5.26 Å². The number of likely N-dealkylation sites (tertiary alicyclic amines) is 1. The summed E-state index contributed by atoms with van der Waals surface area (Å²) in [6, 6.07) is 15.9. The number of methoxy groups -OCH3 is 1. The highest BCUT2D eigenvalue weighted by Gasteiger charge is 2.58. The second-order valence-corrected chi connectivity index (χ2v) is 11.9. The molecule has 0 amide bonds. The molecule has 3 fully saturated rings. The van der Waals surface area contributed by atoms with Crippen molar-refractivity contribution in [3.05, 3.63) is 82.6 Å². The molecule has 3 aliphatic rings. The molecule has 10 nitrogen and oxygen atoms in total. The van der Waals surface area contributed by atoms with Crippen LogP contribution in [0.2, 0.25) is 0 Å². The number of aromatic nitrogens is 3. The molecule has 1 N–H and O–H groups in total. The Balaban J connectivity index is 1.05. The molecule has 11 heteroatoms. The van der Waals surface area contributed by atoms with E-state index in [-0.39, 0.29) is 29.2 Å². The smallest absolute Gasteiger partial charge is 0.335 e. The third-order valence-corrected chi connectivity index (χ3v) is 9.29. The van der Waals surface area contributed by atoms with E-state index in [0.717, 1.165) is 55.5 Å². The minimum Gasteiger partial charge on any atom is -0.496 e. The van der Waals surface area contributed by atoms with Gasteiger partial charge >= 0.3 is 5.97 Å². The molecule has 0 radical (unpaired) electrons. The van der Waals surface area contributed by atoms with Gasteiger partial charge in [0, 0.05) is 30.2 Å². The first-order chi connectivity index (χ1) is 21.4. The number of carboxylic acids is 1. The number of fused-ring (bicyclic) bond motifs is 2. The summed E-state index contributed by atoms with van der Waals surface area (Å²) in [5.41, 5.74) is 3.00. The third-order valence-electron chi connectivity index (χ3n) is 9.29. The van der Waals surface area contributed by atoms with Crippen molar-refractivity contribution in [2.45, 2.75) is 50.5 Å². The van der Waals surface area contributed by atoms with Gasteiger partial charge in [0.05, 0.1) is 54.7 Å². The van der Waals surface area contributed by atoms with E-state index in [1.54, 1.807) is 19.2 Å². The van der Waals surface area contributed by atoms with E-state index in [1.807, 2.05) is 22.8 Å². The largest absolute Gasteiger partial charge is 0.496 e. The Hall–Kier alpha value is -4.53. The number of hydrogen-bond donors (Lipinski definition) is 1. The summed E-state index contributed by atoms with van der Waals surface area (Å²) < 4.78 is 34.0. The fraction of sp³-hybridized carbons (Fsp3) is 0.394. The average Bonchev–Trinajstić information content (AvgIpc) is 3.65. The molecule has 2 unspecified atom stereocenters. The van der Waals surface area contributed by atoms with Gasteiger partial charge in [-0.15, -0.1) is 0 Å². The Labute approximate surface area is 253 Å². The normalized spacial score (nSPS) is 22.6. The predicted molar refractivity (Wildman–Crippen MR) is 157 cm³/mol. The van der Waals surface area contributed by atoms with E-state index in [4.69, 9.17) is 24.5 Å². The van der Waals surface area contributed by atoms with Crippen LogP contribution >= 0.6 is 0 Å². The molecule has 1 aliphatic carbocycles. The fourth-order valence-electron chi connectivity index (χ4n) is 6.64. The van der Waals surface area contributed by atoms with Crippen LogP contribution in [0, 0.1) is 23.1 Å². The molecule has 3 atom stereocenters. The van der Waals surface area contributed by atoms with Crippen LogP contribution in [0.15, 0.2) is 48.5 Å². The minimum atomic E-state index is -1.17. The van der Waals surface area contributed by atoms with Crippen molar-refractivity contribution >= 4 is 17.0 Å². The van der Waals surface area contributed by atoms with Crippen LogP contribution in [0.3, 0.4) is 0 Å². The summed E-state index contributed by atoms with van der Waals surface area (Å²) in [4.78, 5) is 23.5. The number of hydrogen-bond acceptors (Lipinski definition) is 8. The molecule has 2 aromatic heterocycles. The number of halogens is 1. The Morgan fingerprint density at radius 2 is 2.11 bits per heavy atom. The van der Waals surface area contributed by atoms with Crippen LogP contribution in [0.5, 0.6) is 11.6 Å². The number of carbonyl (C=O) groups is 1. The highest BCUT2D eigenvalue weighted by atomic mass is 19.1. The fourth-order valence-corrected chi connectivity index (χ4v) is 6.64. The Morgan fingerprint density at radius 1 is 1.25 bits per heavy atom. The van der Waals surface area contributed by atoms with Gasteiger partial charge in [0.2, 0.25) is 5.88 Å². The van der Waals surface area contributed by atoms with Gasteiger partial charge in [-0.25, -0.2) is 19.2 Å². The number of nitriles is 1. The van der Waals surface area contributed by atoms with Crippen molar-refractivity contribution in [1.82, 2.24) is 19.4 Å². The third kappa shape index (κ3) is 5.14. The van der Waals surface area contributed by atoms with Crippen LogP contribution in [-0.2, 0) is 29.8 Å². The number of nitrogens with zero attached hydrogens (tertiary/aromatic N) is 5. The molecule has 226 valence electrons. The second kappa shape index (κ2) is 11.2. The molecular formula is C33H32FN5O5. The van der Waals surface area contributed by atoms with Crippen LogP contribution in [-0.4, -0.2) is 63.4 Å². The van der Waals surface area contributed by atoms with Crippen LogP contribution < -0.4 is 9.47 Å². The molecule has 1 saturated carbocycles. The number of aromatic carboxylic acids is 1. The Kier molecular flexibility index (Phi) is 7.19. The monoisotopic (exact) mass is 597 g/mol. The summed E-state index contributed by atoms with van der Waals surface area (Å²) in [6.45, 7) is 3.72. The maximum absolute atomic E-state index is 15.0. The molecule has 2 saturated heterocycles. The number of carboxylic acid groups (broad SMARTS) is 1. The molecule has 44 heavy (non-hydrogen) atoms. The van der Waals surface area contributed by atoms with Gasteiger partial charge in [-0.1, -0.05) is 12.1 Å². The van der Waals surface area contributed by atoms with Crippen molar-refractivity contribution in [2.24, 2.45) is 5.92 Å². The highest BCUT2D eigenvalue weighted by Crippen LogP contribution is 2.59. The molecule has 0 bridgehead atoms. The quantitative estimate of drug-likeness (QED) is 0.278. The molecule has 4 aromatic rings. The van der Waals surface area contributed by atoms with Crippen molar-refractivity contribution in [3.8, 4) is 17.7 Å². The lowest BCUT2D eigenvalue weighted by molar-refractivity contribution is -0.0592. The molecule has 0 spiro atoms. The predicted octanol–water partition coefficient (Wildman–Crippen LogP) is 4.68. The van der Waals surface area contributed by atoms with Crippen molar-refractivity contribution in [2.75, 3.05) is 26.8 Å². The molecule has 2 aromatic carbocycles. The van der Waals surface area contributed by atoms with E-state index < -0.39 is 11.8 Å². The topological polar surface area (TPSA) is 123 Å². The number of pyridine rings is 1. The minimum absolute atomic E-state index is 0.00437. The second-order valence-electron chi connectivity index (χ2n) is 11.9. The molecular weight excluding hydrogens is 565 g/mol. The van der Waals surface area contributed by atoms with Crippen LogP contribution in [0.25, 0.3) is 11.0 Å². The van der Waals surface area contributed by atoms with E-state index in [9.17, 15) is 14.3 Å². The summed E-state index contributed by atoms with van der Waals surface area (Å²) >= 11 is 0. The van der Waals surface area contributed by atoms with Crippen molar-refractivity contribution in [3.63, 3.8) is 0 Å². The van der Waals surface area contributed by atoms with Crippen molar-refractivity contribution in [1.29, 1.82) is 5.26 Å². The highest BCUT2D eigenvalue weighted by molar-refractivity contribution is 5.92. The van der Waals surface area contributed by atoms with E-state index >= 15 is 0 Å². The van der Waals surface area contributed by atoms with Gasteiger partial charge in [-0.3, -0.25) is 4.90 Å². The molecule has 7 rings (SSSR count). The van der Waals surface area contributed by atoms with Gasteiger partial charge in [0.25, 0.3) is 0 Å². The van der Waals surface area contributed by atoms with Gasteiger partial charge in [0.15, 0.2) is 5.82 Å². The summed E-state index contributed by atoms with van der Waals surface area (Å²) in [5.74, 6) is 0.508. The first kappa shape index (κ1) is 28.3. The van der Waals surface area contributed by atoms with Gasteiger partial charge in [-0.05, 0) is 62.1 Å². The Bertz CT molecular complexity index is 1800. The Morgan fingerprint density at radius 3 is 2.84 bits per heavy atom. The maximum Gasteiger partial charge on any atom is 0.335 e. The zero-order valence-electron chi connectivity index (χ0n) is 24.3. The van der Waals surface area contributed by atoms with Crippen molar-refractivity contribution < 1.29 is 28.5 Å². The number of imidazole rings is 1. The van der Waals surface area contributed by atoms with Gasteiger partial charge in [0.1, 0.15) is 23.7 Å². The van der Waals surface area contributed by atoms with Gasteiger partial charge < -0.3 is 23.9 Å². The summed E-state index contributed by atoms with van der Waals surface area (Å²) in [5, 5.41) is 18.7. The number of benzene rings is 2. The summed E-state index contributed by atoms with van der Waals surface area (Å²) in [6.07, 6.45) is 2.89. The lowest BCUT2D eigenvalue weighted by Gasteiger charge is -2.32. The lowest BCUT2D eigenvalue weighted by Crippen LogP contribution is -2.37. The summed E-state index contributed by atoms with van der Waals surface area (Å²) in [7, 11) is 1.57. The van der Waals surface area contributed by atoms with E-state index in [0.29, 0.717) is 48.3 Å². The van der Waals surface area contributed by atoms with Crippen LogP contribution in [0.4, 0.5) is 4.39 Å². The number of piperidine rings is 1. The number of rotatable bonds is 10. The number of ether oxygens (including phenoxy) is 3. The van der Waals surface area contributed by atoms with E-state index in [1.165, 1.54) is 6.07 Å². The zero-order chi connectivity index (χ0) is 30.4. The zero-order valence-corrected chi connectivity index (χ0v) is 24.3.